The van der Waals surface area contributed by atoms with E-state index < -0.39 is 36.8 Å². The van der Waals surface area contributed by atoms with Crippen molar-refractivity contribution in [2.75, 3.05) is 32.1 Å². The van der Waals surface area contributed by atoms with Crippen molar-refractivity contribution in [3.63, 3.8) is 0 Å². The second-order valence-electron chi connectivity index (χ2n) is 5.88. The number of esters is 1. The number of halogens is 1. The van der Waals surface area contributed by atoms with Crippen molar-refractivity contribution < 1.29 is 28.7 Å². The molecule has 0 aliphatic heterocycles. The number of hydrogen-bond acceptors (Lipinski definition) is 6. The zero-order chi connectivity index (χ0) is 21.9. The van der Waals surface area contributed by atoms with Crippen LogP contribution in [0.1, 0.15) is 10.4 Å². The summed E-state index contributed by atoms with van der Waals surface area (Å²) in [6, 6.07) is 13.3. The van der Waals surface area contributed by atoms with Crippen molar-refractivity contribution in [2.45, 2.75) is 0 Å². The molecule has 2 rings (SSSR count). The topological polar surface area (TPSA) is 123 Å². The van der Waals surface area contributed by atoms with E-state index in [1.54, 1.807) is 48.5 Å². The molecule has 0 radical (unpaired) electrons. The van der Waals surface area contributed by atoms with Gasteiger partial charge in [0.2, 0.25) is 5.91 Å². The lowest BCUT2D eigenvalue weighted by molar-refractivity contribution is -0.147. The molecule has 0 spiro atoms. The summed E-state index contributed by atoms with van der Waals surface area (Å²) < 4.78 is 10.5. The first-order valence-electron chi connectivity index (χ1n) is 8.78. The van der Waals surface area contributed by atoms with Gasteiger partial charge >= 0.3 is 5.97 Å². The molecule has 9 nitrogen and oxygen atoms in total. The normalized spacial score (nSPS) is 9.93. The monoisotopic (exact) mass is 477 g/mol. The summed E-state index contributed by atoms with van der Waals surface area (Å²) in [6.45, 7) is -1.26. The van der Waals surface area contributed by atoms with Gasteiger partial charge in [-0.2, -0.15) is 0 Å². The molecule has 30 heavy (non-hydrogen) atoms. The van der Waals surface area contributed by atoms with Crippen molar-refractivity contribution in [1.82, 2.24) is 10.6 Å². The van der Waals surface area contributed by atoms with Crippen molar-refractivity contribution >= 4 is 45.3 Å². The molecule has 3 N–H and O–H groups in total. The molecule has 0 saturated heterocycles. The number of carbonyl (C=O) groups is 4. The third-order valence-electron chi connectivity index (χ3n) is 3.70. The first-order chi connectivity index (χ1) is 14.4. The minimum Gasteiger partial charge on any atom is -0.497 e. The second kappa shape index (κ2) is 11.6. The van der Waals surface area contributed by atoms with Gasteiger partial charge in [0.05, 0.1) is 19.3 Å². The number of rotatable bonds is 9. The number of ether oxygens (including phenoxy) is 2. The van der Waals surface area contributed by atoms with Crippen molar-refractivity contribution in [2.24, 2.45) is 0 Å². The average molecular weight is 478 g/mol. The van der Waals surface area contributed by atoms with Crippen LogP contribution in [-0.2, 0) is 19.1 Å². The molecular weight excluding hydrogens is 458 g/mol. The second-order valence-corrected chi connectivity index (χ2v) is 6.73. The molecule has 0 saturated carbocycles. The van der Waals surface area contributed by atoms with Crippen LogP contribution in [0.3, 0.4) is 0 Å². The van der Waals surface area contributed by atoms with Crippen LogP contribution in [0.25, 0.3) is 0 Å². The zero-order valence-corrected chi connectivity index (χ0v) is 17.7. The molecule has 3 amide bonds. The number of amides is 3. The van der Waals surface area contributed by atoms with E-state index in [4.69, 9.17) is 9.47 Å². The molecule has 0 atom stereocenters. The van der Waals surface area contributed by atoms with Gasteiger partial charge in [-0.15, -0.1) is 0 Å². The Morgan fingerprint density at radius 1 is 0.900 bits per heavy atom. The summed E-state index contributed by atoms with van der Waals surface area (Å²) in [5.74, 6) is -1.74. The van der Waals surface area contributed by atoms with Gasteiger partial charge in [-0.05, 0) is 52.3 Å². The van der Waals surface area contributed by atoms with E-state index in [2.05, 4.69) is 31.9 Å². The summed E-state index contributed by atoms with van der Waals surface area (Å²) in [5.41, 5.74) is 0.910. The Hall–Kier alpha value is -3.40. The molecule has 0 aromatic heterocycles. The minimum atomic E-state index is -0.787. The lowest BCUT2D eigenvalue weighted by atomic mass is 10.2. The summed E-state index contributed by atoms with van der Waals surface area (Å²) in [4.78, 5) is 47.2. The fourth-order valence-electron chi connectivity index (χ4n) is 2.18. The van der Waals surface area contributed by atoms with Crippen LogP contribution in [0.15, 0.2) is 53.0 Å². The highest BCUT2D eigenvalue weighted by atomic mass is 79.9. The van der Waals surface area contributed by atoms with Crippen molar-refractivity contribution in [3.05, 3.63) is 58.6 Å². The number of methoxy groups -OCH3 is 1. The Bertz CT molecular complexity index is 917. The third kappa shape index (κ3) is 7.55. The van der Waals surface area contributed by atoms with E-state index in [0.29, 0.717) is 21.5 Å². The van der Waals surface area contributed by atoms with Crippen LogP contribution in [-0.4, -0.2) is 50.5 Å². The van der Waals surface area contributed by atoms with Crippen LogP contribution in [0.4, 0.5) is 5.69 Å². The highest BCUT2D eigenvalue weighted by Gasteiger charge is 2.12. The summed E-state index contributed by atoms with van der Waals surface area (Å²) >= 11 is 3.30. The van der Waals surface area contributed by atoms with Crippen LogP contribution in [0.2, 0.25) is 0 Å². The maximum absolute atomic E-state index is 12.0. The van der Waals surface area contributed by atoms with Gasteiger partial charge in [0, 0.05) is 10.0 Å². The number of anilines is 1. The van der Waals surface area contributed by atoms with Crippen LogP contribution >= 0.6 is 15.9 Å². The summed E-state index contributed by atoms with van der Waals surface area (Å²) in [5, 5.41) is 7.35. The van der Waals surface area contributed by atoms with E-state index in [9.17, 15) is 19.2 Å². The molecule has 2 aromatic carbocycles. The quantitative estimate of drug-likeness (QED) is 0.470. The third-order valence-corrected chi connectivity index (χ3v) is 4.40. The predicted molar refractivity (Wildman–Crippen MR) is 112 cm³/mol. The lowest BCUT2D eigenvalue weighted by Crippen LogP contribution is -2.37. The maximum atomic E-state index is 12.0. The minimum absolute atomic E-state index is 0.286. The number of para-hydroxylation sites is 1. The Morgan fingerprint density at radius 2 is 1.60 bits per heavy atom. The molecule has 2 aromatic rings. The molecule has 0 bridgehead atoms. The molecule has 0 fully saturated rings. The van der Waals surface area contributed by atoms with Gasteiger partial charge in [-0.3, -0.25) is 19.2 Å². The van der Waals surface area contributed by atoms with Crippen LogP contribution < -0.4 is 20.7 Å². The lowest BCUT2D eigenvalue weighted by Gasteiger charge is -2.09. The van der Waals surface area contributed by atoms with E-state index in [0.717, 1.165) is 0 Å². The average Bonchev–Trinajstić information content (AvgIpc) is 2.76. The number of benzene rings is 2. The van der Waals surface area contributed by atoms with E-state index in [-0.39, 0.29) is 6.54 Å². The van der Waals surface area contributed by atoms with Crippen molar-refractivity contribution in [1.29, 1.82) is 0 Å². The molecule has 0 aliphatic carbocycles. The number of carbonyl (C=O) groups excluding carboxylic acids is 4. The standard InChI is InChI=1S/C20H20BrN3O6/c1-29-14-8-6-13(7-9-14)20(28)23-11-19(27)30-12-18(26)22-10-17(25)24-16-5-3-2-4-15(16)21/h2-9H,10-12H2,1H3,(H,22,26)(H,23,28)(H,24,25). The molecule has 0 aliphatic rings. The fraction of sp³-hybridized carbons (Fsp3) is 0.200. The molecule has 10 heteroatoms. The Labute approximate surface area is 181 Å². The highest BCUT2D eigenvalue weighted by Crippen LogP contribution is 2.20. The highest BCUT2D eigenvalue weighted by molar-refractivity contribution is 9.10. The van der Waals surface area contributed by atoms with Crippen LogP contribution in [0, 0.1) is 0 Å². The summed E-state index contributed by atoms with van der Waals surface area (Å²) in [6.07, 6.45) is 0. The Balaban J connectivity index is 1.65. The Kier molecular flexibility index (Phi) is 8.82. The number of hydrogen-bond donors (Lipinski definition) is 3. The largest absolute Gasteiger partial charge is 0.497 e. The molecule has 0 unspecified atom stereocenters. The van der Waals surface area contributed by atoms with E-state index in [1.165, 1.54) is 7.11 Å². The summed E-state index contributed by atoms with van der Waals surface area (Å²) in [7, 11) is 1.51. The van der Waals surface area contributed by atoms with Gasteiger partial charge in [0.25, 0.3) is 11.8 Å². The van der Waals surface area contributed by atoms with E-state index in [1.807, 2.05) is 0 Å². The van der Waals surface area contributed by atoms with Gasteiger partial charge < -0.3 is 25.4 Å². The molecule has 0 heterocycles. The Morgan fingerprint density at radius 3 is 2.27 bits per heavy atom. The van der Waals surface area contributed by atoms with Gasteiger partial charge in [-0.25, -0.2) is 0 Å². The predicted octanol–water partition coefficient (Wildman–Crippen LogP) is 1.49. The molecular formula is C20H20BrN3O6. The van der Waals surface area contributed by atoms with Gasteiger partial charge in [-0.1, -0.05) is 12.1 Å². The first-order valence-corrected chi connectivity index (χ1v) is 9.57. The van der Waals surface area contributed by atoms with Gasteiger partial charge in [0.15, 0.2) is 6.61 Å². The smallest absolute Gasteiger partial charge is 0.325 e. The maximum Gasteiger partial charge on any atom is 0.325 e. The van der Waals surface area contributed by atoms with Crippen LogP contribution in [0.5, 0.6) is 5.75 Å². The first kappa shape index (κ1) is 22.9. The number of nitrogens with one attached hydrogen (secondary N) is 3. The van der Waals surface area contributed by atoms with E-state index >= 15 is 0 Å². The fourth-order valence-corrected chi connectivity index (χ4v) is 2.56. The SMILES string of the molecule is COc1ccc(C(=O)NCC(=O)OCC(=O)NCC(=O)Nc2ccccc2Br)cc1. The zero-order valence-electron chi connectivity index (χ0n) is 16.1. The molecule has 158 valence electrons. The van der Waals surface area contributed by atoms with Crippen molar-refractivity contribution in [3.8, 4) is 5.75 Å². The van der Waals surface area contributed by atoms with Gasteiger partial charge in [0.1, 0.15) is 12.3 Å².